The number of benzene rings is 2. The summed E-state index contributed by atoms with van der Waals surface area (Å²) < 4.78 is 1.67. The lowest BCUT2D eigenvalue weighted by Gasteiger charge is -2.40. The number of halogens is 1. The molecule has 0 saturated heterocycles. The Morgan fingerprint density at radius 2 is 1.96 bits per heavy atom. The Kier molecular flexibility index (Phi) is 4.01. The second kappa shape index (κ2) is 6.33. The number of hydrogen-bond donors (Lipinski definition) is 1. The summed E-state index contributed by atoms with van der Waals surface area (Å²) in [5.74, 6) is 0.0227. The fourth-order valence-electron chi connectivity index (χ4n) is 3.25. The second-order valence-electron chi connectivity index (χ2n) is 6.29. The Hall–Kier alpha value is -2.66. The van der Waals surface area contributed by atoms with E-state index in [1.807, 2.05) is 48.5 Å². The second-order valence-corrected chi connectivity index (χ2v) is 6.72. The first-order chi connectivity index (χ1) is 12.2. The molecular formula is C19H17ClN4O. The number of amides is 1. The molecule has 0 atom stereocenters. The van der Waals surface area contributed by atoms with E-state index in [9.17, 15) is 4.79 Å². The summed E-state index contributed by atoms with van der Waals surface area (Å²) in [7, 11) is 0. The molecule has 1 saturated carbocycles. The van der Waals surface area contributed by atoms with Gasteiger partial charge in [-0.25, -0.2) is 9.67 Å². The van der Waals surface area contributed by atoms with Crippen molar-refractivity contribution in [3.63, 3.8) is 0 Å². The monoisotopic (exact) mass is 352 g/mol. The first-order valence-corrected chi connectivity index (χ1v) is 8.58. The van der Waals surface area contributed by atoms with Crippen molar-refractivity contribution >= 4 is 23.2 Å². The topological polar surface area (TPSA) is 59.8 Å². The molecule has 0 bridgehead atoms. The summed E-state index contributed by atoms with van der Waals surface area (Å²) in [4.78, 5) is 16.9. The highest BCUT2D eigenvalue weighted by atomic mass is 35.5. The van der Waals surface area contributed by atoms with Crippen LogP contribution in [-0.4, -0.2) is 20.7 Å². The highest BCUT2D eigenvalue weighted by Gasteiger charge is 2.45. The van der Waals surface area contributed by atoms with Gasteiger partial charge in [0.1, 0.15) is 12.7 Å². The van der Waals surface area contributed by atoms with E-state index in [1.165, 1.54) is 6.33 Å². The molecule has 25 heavy (non-hydrogen) atoms. The van der Waals surface area contributed by atoms with Crippen LogP contribution in [0, 0.1) is 0 Å². The van der Waals surface area contributed by atoms with E-state index in [0.717, 1.165) is 36.2 Å². The standard InChI is InChI=1S/C19H17ClN4O/c20-15-4-1-3-14(11-15)19(9-2-10-19)18(25)23-16-5-7-17(8-6-16)24-13-21-12-22-24/h1,3-8,11-13H,2,9-10H2,(H,23,25). The molecule has 1 heterocycles. The third kappa shape index (κ3) is 2.91. The van der Waals surface area contributed by atoms with Crippen LogP contribution in [0.15, 0.2) is 61.2 Å². The number of nitrogens with one attached hydrogen (secondary N) is 1. The van der Waals surface area contributed by atoms with E-state index in [1.54, 1.807) is 11.0 Å². The molecule has 1 amide bonds. The first kappa shape index (κ1) is 15.8. The van der Waals surface area contributed by atoms with Crippen LogP contribution in [-0.2, 0) is 10.2 Å². The van der Waals surface area contributed by atoms with Crippen molar-refractivity contribution in [3.8, 4) is 5.69 Å². The Morgan fingerprint density at radius 3 is 2.56 bits per heavy atom. The van der Waals surface area contributed by atoms with Gasteiger partial charge >= 0.3 is 0 Å². The van der Waals surface area contributed by atoms with Crippen molar-refractivity contribution in [2.24, 2.45) is 0 Å². The van der Waals surface area contributed by atoms with Crippen molar-refractivity contribution in [1.29, 1.82) is 0 Å². The smallest absolute Gasteiger partial charge is 0.235 e. The van der Waals surface area contributed by atoms with Crippen molar-refractivity contribution in [1.82, 2.24) is 14.8 Å². The van der Waals surface area contributed by atoms with Crippen molar-refractivity contribution in [3.05, 3.63) is 71.8 Å². The third-order valence-electron chi connectivity index (χ3n) is 4.83. The Morgan fingerprint density at radius 1 is 1.16 bits per heavy atom. The van der Waals surface area contributed by atoms with E-state index >= 15 is 0 Å². The Labute approximate surface area is 150 Å². The summed E-state index contributed by atoms with van der Waals surface area (Å²) in [6.45, 7) is 0. The lowest BCUT2D eigenvalue weighted by Crippen LogP contribution is -2.46. The van der Waals surface area contributed by atoms with E-state index in [0.29, 0.717) is 5.02 Å². The fourth-order valence-corrected chi connectivity index (χ4v) is 3.44. The first-order valence-electron chi connectivity index (χ1n) is 8.20. The molecule has 3 aromatic rings. The van der Waals surface area contributed by atoms with Crippen molar-refractivity contribution in [2.75, 3.05) is 5.32 Å². The maximum atomic E-state index is 13.0. The van der Waals surface area contributed by atoms with Crippen LogP contribution in [0.25, 0.3) is 5.69 Å². The lowest BCUT2D eigenvalue weighted by atomic mass is 9.64. The fraction of sp³-hybridized carbons (Fsp3) is 0.211. The molecule has 4 rings (SSSR count). The molecule has 2 aromatic carbocycles. The van der Waals surface area contributed by atoms with Gasteiger partial charge in [0.25, 0.3) is 0 Å². The van der Waals surface area contributed by atoms with Crippen LogP contribution in [0.1, 0.15) is 24.8 Å². The molecule has 1 aliphatic rings. The molecule has 1 fully saturated rings. The van der Waals surface area contributed by atoms with E-state index < -0.39 is 5.41 Å². The number of aromatic nitrogens is 3. The Balaban J connectivity index is 1.54. The molecule has 6 heteroatoms. The highest BCUT2D eigenvalue weighted by Crippen LogP contribution is 2.45. The van der Waals surface area contributed by atoms with Crippen molar-refractivity contribution < 1.29 is 4.79 Å². The largest absolute Gasteiger partial charge is 0.325 e. The molecule has 0 spiro atoms. The van der Waals surface area contributed by atoms with Gasteiger partial charge in [0, 0.05) is 10.7 Å². The zero-order chi connectivity index (χ0) is 17.3. The van der Waals surface area contributed by atoms with Crippen LogP contribution in [0.5, 0.6) is 0 Å². The van der Waals surface area contributed by atoms with Crippen LogP contribution < -0.4 is 5.32 Å². The predicted molar refractivity (Wildman–Crippen MR) is 97.0 cm³/mol. The van der Waals surface area contributed by atoms with Gasteiger partial charge in [0.05, 0.1) is 11.1 Å². The molecule has 126 valence electrons. The van der Waals surface area contributed by atoms with Gasteiger partial charge in [-0.2, -0.15) is 5.10 Å². The van der Waals surface area contributed by atoms with E-state index in [-0.39, 0.29) is 5.91 Å². The summed E-state index contributed by atoms with van der Waals surface area (Å²) in [5.41, 5.74) is 2.17. The molecule has 0 aliphatic heterocycles. The van der Waals surface area contributed by atoms with Crippen LogP contribution >= 0.6 is 11.6 Å². The number of carbonyl (C=O) groups is 1. The van der Waals surface area contributed by atoms with Crippen molar-refractivity contribution in [2.45, 2.75) is 24.7 Å². The van der Waals surface area contributed by atoms with Crippen LogP contribution in [0.4, 0.5) is 5.69 Å². The minimum Gasteiger partial charge on any atom is -0.325 e. The average molecular weight is 353 g/mol. The summed E-state index contributed by atoms with van der Waals surface area (Å²) >= 11 is 6.12. The van der Waals surface area contributed by atoms with Gasteiger partial charge in [0.15, 0.2) is 0 Å². The maximum Gasteiger partial charge on any atom is 0.235 e. The number of rotatable bonds is 4. The number of anilines is 1. The number of nitrogens with zero attached hydrogens (tertiary/aromatic N) is 3. The van der Waals surface area contributed by atoms with Gasteiger partial charge in [-0.15, -0.1) is 0 Å². The molecule has 1 aromatic heterocycles. The zero-order valence-corrected chi connectivity index (χ0v) is 14.3. The van der Waals surface area contributed by atoms with Gasteiger partial charge in [-0.3, -0.25) is 4.79 Å². The molecular weight excluding hydrogens is 336 g/mol. The van der Waals surface area contributed by atoms with Gasteiger partial charge < -0.3 is 5.32 Å². The summed E-state index contributed by atoms with van der Waals surface area (Å²) in [6, 6.07) is 15.2. The SMILES string of the molecule is O=C(Nc1ccc(-n2cncn2)cc1)C1(c2cccc(Cl)c2)CCC1. The molecule has 1 aliphatic carbocycles. The predicted octanol–water partition coefficient (Wildman–Crippen LogP) is 3.98. The van der Waals surface area contributed by atoms with Crippen LogP contribution in [0.3, 0.4) is 0 Å². The Bertz CT molecular complexity index is 886. The van der Waals surface area contributed by atoms with Gasteiger partial charge in [-0.1, -0.05) is 30.2 Å². The zero-order valence-electron chi connectivity index (χ0n) is 13.5. The van der Waals surface area contributed by atoms with E-state index in [2.05, 4.69) is 15.4 Å². The summed E-state index contributed by atoms with van der Waals surface area (Å²) in [6.07, 6.45) is 5.86. The minimum atomic E-state index is -0.477. The van der Waals surface area contributed by atoms with Gasteiger partial charge in [0.2, 0.25) is 5.91 Å². The van der Waals surface area contributed by atoms with E-state index in [4.69, 9.17) is 11.6 Å². The highest BCUT2D eigenvalue weighted by molar-refractivity contribution is 6.30. The summed E-state index contributed by atoms with van der Waals surface area (Å²) in [5, 5.41) is 7.80. The quantitative estimate of drug-likeness (QED) is 0.772. The average Bonchev–Trinajstić information content (AvgIpc) is 3.09. The maximum absolute atomic E-state index is 13.0. The molecule has 5 nitrogen and oxygen atoms in total. The molecule has 0 unspecified atom stereocenters. The van der Waals surface area contributed by atoms with Gasteiger partial charge in [-0.05, 0) is 54.8 Å². The third-order valence-corrected chi connectivity index (χ3v) is 5.06. The normalized spacial score (nSPS) is 15.4. The molecule has 1 N–H and O–H groups in total. The number of hydrogen-bond acceptors (Lipinski definition) is 3. The minimum absolute atomic E-state index is 0.0227. The molecule has 0 radical (unpaired) electrons. The number of carbonyl (C=O) groups excluding carboxylic acids is 1. The van der Waals surface area contributed by atoms with Crippen LogP contribution in [0.2, 0.25) is 5.02 Å². The lowest BCUT2D eigenvalue weighted by molar-refractivity contribution is -0.124.